The van der Waals surface area contributed by atoms with Gasteiger partial charge in [-0.05, 0) is 49.6 Å². The fourth-order valence-electron chi connectivity index (χ4n) is 3.38. The molecular formula is C25H25NO4S. The van der Waals surface area contributed by atoms with Gasteiger partial charge in [-0.25, -0.2) is 13.2 Å². The van der Waals surface area contributed by atoms with Gasteiger partial charge in [0, 0.05) is 18.0 Å². The van der Waals surface area contributed by atoms with E-state index in [0.29, 0.717) is 30.4 Å². The fourth-order valence-corrected chi connectivity index (χ4v) is 5.28. The van der Waals surface area contributed by atoms with E-state index in [2.05, 4.69) is 11.6 Å². The molecule has 0 saturated heterocycles. The van der Waals surface area contributed by atoms with Crippen LogP contribution in [0.4, 0.5) is 0 Å². The monoisotopic (exact) mass is 435 g/mol. The van der Waals surface area contributed by atoms with Gasteiger partial charge in [0.25, 0.3) is 0 Å². The molecular weight excluding hydrogens is 410 g/mol. The molecule has 3 aromatic rings. The largest absolute Gasteiger partial charge is 0.452 e. The van der Waals surface area contributed by atoms with Crippen molar-refractivity contribution in [2.45, 2.75) is 35.5 Å². The lowest BCUT2D eigenvalue weighted by molar-refractivity contribution is 0.0279. The van der Waals surface area contributed by atoms with Crippen molar-refractivity contribution in [3.63, 3.8) is 0 Å². The van der Waals surface area contributed by atoms with Gasteiger partial charge in [0.2, 0.25) is 0 Å². The lowest BCUT2D eigenvalue weighted by Gasteiger charge is -2.27. The van der Waals surface area contributed by atoms with Crippen LogP contribution in [0.25, 0.3) is 0 Å². The summed E-state index contributed by atoms with van der Waals surface area (Å²) in [6.07, 6.45) is 5.46. The lowest BCUT2D eigenvalue weighted by atomic mass is 10.0. The van der Waals surface area contributed by atoms with Gasteiger partial charge < -0.3 is 4.74 Å². The zero-order chi connectivity index (χ0) is 22.1. The Morgan fingerprint density at radius 1 is 1.00 bits per heavy atom. The van der Waals surface area contributed by atoms with Crippen LogP contribution in [0, 0.1) is 0 Å². The SMILES string of the molecule is C=CCCCC(C(OC(=O)c1ccccc1)c1cccnc1)S(=O)(=O)c1ccccc1. The molecule has 2 atom stereocenters. The second kappa shape index (κ2) is 10.7. The summed E-state index contributed by atoms with van der Waals surface area (Å²) >= 11 is 0. The van der Waals surface area contributed by atoms with E-state index in [-0.39, 0.29) is 4.90 Å². The smallest absolute Gasteiger partial charge is 0.338 e. The third kappa shape index (κ3) is 5.67. The van der Waals surface area contributed by atoms with Crippen LogP contribution in [0.15, 0.2) is 103 Å². The highest BCUT2D eigenvalue weighted by molar-refractivity contribution is 7.92. The van der Waals surface area contributed by atoms with Crippen LogP contribution in [0.5, 0.6) is 0 Å². The van der Waals surface area contributed by atoms with Crippen molar-refractivity contribution in [2.75, 3.05) is 0 Å². The number of hydrogen-bond donors (Lipinski definition) is 0. The van der Waals surface area contributed by atoms with Gasteiger partial charge in [0.15, 0.2) is 9.84 Å². The number of sulfone groups is 1. The number of benzene rings is 2. The van der Waals surface area contributed by atoms with Gasteiger partial charge in [-0.1, -0.05) is 48.5 Å². The van der Waals surface area contributed by atoms with Gasteiger partial charge in [-0.3, -0.25) is 4.98 Å². The van der Waals surface area contributed by atoms with Crippen LogP contribution >= 0.6 is 0 Å². The molecule has 3 rings (SSSR count). The summed E-state index contributed by atoms with van der Waals surface area (Å²) in [5.74, 6) is -0.577. The molecule has 5 nitrogen and oxygen atoms in total. The minimum atomic E-state index is -3.80. The van der Waals surface area contributed by atoms with Crippen LogP contribution in [-0.2, 0) is 14.6 Å². The zero-order valence-electron chi connectivity index (χ0n) is 17.1. The highest BCUT2D eigenvalue weighted by Crippen LogP contribution is 2.34. The number of rotatable bonds is 10. The van der Waals surface area contributed by atoms with Gasteiger partial charge in [0.05, 0.1) is 10.5 Å². The Kier molecular flexibility index (Phi) is 7.73. The Morgan fingerprint density at radius 3 is 2.29 bits per heavy atom. The molecule has 0 saturated carbocycles. The predicted octanol–water partition coefficient (Wildman–Crippen LogP) is 5.18. The first-order chi connectivity index (χ1) is 15.0. The number of unbranched alkanes of at least 4 members (excludes halogenated alkanes) is 1. The van der Waals surface area contributed by atoms with E-state index < -0.39 is 27.2 Å². The van der Waals surface area contributed by atoms with Crippen molar-refractivity contribution in [3.05, 3.63) is 109 Å². The molecule has 1 heterocycles. The van der Waals surface area contributed by atoms with Crippen LogP contribution in [-0.4, -0.2) is 24.6 Å². The number of ether oxygens (including phenoxy) is 1. The van der Waals surface area contributed by atoms with Crippen LogP contribution < -0.4 is 0 Å². The second-order valence-electron chi connectivity index (χ2n) is 7.09. The maximum Gasteiger partial charge on any atom is 0.338 e. The standard InChI is InChI=1S/C25H25NO4S/c1-2-3-6-17-23(31(28,29)22-15-9-5-10-16-22)24(21-14-11-18-26-19-21)30-25(27)20-12-7-4-8-13-20/h2,4-5,7-16,18-19,23-24H,1,3,6,17H2. The van der Waals surface area contributed by atoms with E-state index in [1.165, 1.54) is 0 Å². The van der Waals surface area contributed by atoms with Gasteiger partial charge in [-0.15, -0.1) is 6.58 Å². The summed E-state index contributed by atoms with van der Waals surface area (Å²) in [5.41, 5.74) is 0.897. The highest BCUT2D eigenvalue weighted by Gasteiger charge is 2.38. The Balaban J connectivity index is 2.04. The Hall–Kier alpha value is -3.25. The van der Waals surface area contributed by atoms with Crippen molar-refractivity contribution in [2.24, 2.45) is 0 Å². The molecule has 2 unspecified atom stereocenters. The van der Waals surface area contributed by atoms with Crippen molar-refractivity contribution in [3.8, 4) is 0 Å². The number of pyridine rings is 1. The molecule has 0 aliphatic heterocycles. The molecule has 0 aliphatic rings. The number of nitrogens with zero attached hydrogens (tertiary/aromatic N) is 1. The summed E-state index contributed by atoms with van der Waals surface area (Å²) in [6, 6.07) is 20.2. The number of aromatic nitrogens is 1. The molecule has 0 bridgehead atoms. The highest BCUT2D eigenvalue weighted by atomic mass is 32.2. The Morgan fingerprint density at radius 2 is 1.68 bits per heavy atom. The molecule has 0 radical (unpaired) electrons. The average molecular weight is 436 g/mol. The Labute approximate surface area is 183 Å². The minimum absolute atomic E-state index is 0.197. The van der Waals surface area contributed by atoms with Crippen LogP contribution in [0.2, 0.25) is 0 Å². The average Bonchev–Trinajstić information content (AvgIpc) is 2.82. The Bertz CT molecular complexity index is 1080. The molecule has 6 heteroatoms. The normalized spacial score (nSPS) is 13.2. The molecule has 0 fully saturated rings. The molecule has 160 valence electrons. The lowest BCUT2D eigenvalue weighted by Crippen LogP contribution is -2.32. The van der Waals surface area contributed by atoms with E-state index >= 15 is 0 Å². The van der Waals surface area contributed by atoms with E-state index in [1.54, 1.807) is 91.3 Å². The van der Waals surface area contributed by atoms with E-state index in [4.69, 9.17) is 4.74 Å². The third-order valence-corrected chi connectivity index (χ3v) is 7.17. The maximum absolute atomic E-state index is 13.6. The third-order valence-electron chi connectivity index (χ3n) is 4.96. The van der Waals surface area contributed by atoms with Gasteiger partial charge in [-0.2, -0.15) is 0 Å². The minimum Gasteiger partial charge on any atom is -0.452 e. The van der Waals surface area contributed by atoms with Crippen molar-refractivity contribution < 1.29 is 17.9 Å². The fraction of sp³-hybridized carbons (Fsp3) is 0.200. The van der Waals surface area contributed by atoms with E-state index in [0.717, 1.165) is 0 Å². The number of esters is 1. The summed E-state index contributed by atoms with van der Waals surface area (Å²) in [6.45, 7) is 3.72. The summed E-state index contributed by atoms with van der Waals surface area (Å²) in [5, 5.41) is -0.966. The second-order valence-corrected chi connectivity index (χ2v) is 9.26. The number of carbonyl (C=O) groups excluding carboxylic acids is 1. The number of hydrogen-bond acceptors (Lipinski definition) is 5. The summed E-state index contributed by atoms with van der Waals surface area (Å²) in [7, 11) is -3.80. The van der Waals surface area contributed by atoms with Crippen molar-refractivity contribution in [1.82, 2.24) is 4.98 Å². The number of allylic oxidation sites excluding steroid dienone is 1. The predicted molar refractivity (Wildman–Crippen MR) is 120 cm³/mol. The summed E-state index contributed by atoms with van der Waals surface area (Å²) in [4.78, 5) is 17.2. The van der Waals surface area contributed by atoms with Crippen LogP contribution in [0.3, 0.4) is 0 Å². The molecule has 0 aliphatic carbocycles. The van der Waals surface area contributed by atoms with Gasteiger partial charge in [0.1, 0.15) is 11.4 Å². The zero-order valence-corrected chi connectivity index (χ0v) is 17.9. The van der Waals surface area contributed by atoms with Crippen LogP contribution in [0.1, 0.15) is 41.3 Å². The first-order valence-electron chi connectivity index (χ1n) is 10.1. The first kappa shape index (κ1) is 22.4. The van der Waals surface area contributed by atoms with Gasteiger partial charge >= 0.3 is 5.97 Å². The molecule has 2 aromatic carbocycles. The maximum atomic E-state index is 13.6. The van der Waals surface area contributed by atoms with E-state index in [1.807, 2.05) is 0 Å². The van der Waals surface area contributed by atoms with Crippen molar-refractivity contribution in [1.29, 1.82) is 0 Å². The molecule has 0 N–H and O–H groups in total. The van der Waals surface area contributed by atoms with E-state index in [9.17, 15) is 13.2 Å². The molecule has 0 amide bonds. The molecule has 31 heavy (non-hydrogen) atoms. The van der Waals surface area contributed by atoms with Crippen molar-refractivity contribution >= 4 is 15.8 Å². The number of carbonyl (C=O) groups is 1. The molecule has 0 spiro atoms. The quantitative estimate of drug-likeness (QED) is 0.249. The topological polar surface area (TPSA) is 73.3 Å². The molecule has 1 aromatic heterocycles. The first-order valence-corrected chi connectivity index (χ1v) is 11.6. The summed E-state index contributed by atoms with van der Waals surface area (Å²) < 4.78 is 33.1.